The van der Waals surface area contributed by atoms with E-state index in [1.54, 1.807) is 7.11 Å². The first kappa shape index (κ1) is 16.5. The molecule has 0 heterocycles. The van der Waals surface area contributed by atoms with Crippen molar-refractivity contribution in [3.05, 3.63) is 29.8 Å². The molecule has 0 radical (unpaired) electrons. The number of rotatable bonds is 8. The lowest BCUT2D eigenvalue weighted by molar-refractivity contribution is 0.301. The summed E-state index contributed by atoms with van der Waals surface area (Å²) in [5.74, 6) is 0.949. The van der Waals surface area contributed by atoms with Crippen molar-refractivity contribution < 1.29 is 4.74 Å². The Labute approximate surface area is 123 Å². The molecule has 0 unspecified atom stereocenters. The van der Waals surface area contributed by atoms with Crippen LogP contribution < -0.4 is 4.74 Å². The molecule has 0 saturated heterocycles. The first-order valence-electron chi connectivity index (χ1n) is 7.20. The fraction of sp³-hybridized carbons (Fsp3) is 0.588. The molecule has 0 spiro atoms. The zero-order valence-corrected chi connectivity index (χ0v) is 13.1. The summed E-state index contributed by atoms with van der Waals surface area (Å²) in [5.41, 5.74) is 1.02. The number of methoxy groups -OCH3 is 1. The Morgan fingerprint density at radius 1 is 1.25 bits per heavy atom. The van der Waals surface area contributed by atoms with Gasteiger partial charge in [-0.05, 0) is 46.3 Å². The summed E-state index contributed by atoms with van der Waals surface area (Å²) in [6.45, 7) is 5.95. The van der Waals surface area contributed by atoms with E-state index >= 15 is 0 Å². The summed E-state index contributed by atoms with van der Waals surface area (Å²) in [7, 11) is 3.84. The zero-order chi connectivity index (χ0) is 15.0. The van der Waals surface area contributed by atoms with Gasteiger partial charge in [-0.1, -0.05) is 24.6 Å². The molecule has 3 heteroatoms. The van der Waals surface area contributed by atoms with Crippen molar-refractivity contribution in [3.8, 4) is 11.8 Å². The van der Waals surface area contributed by atoms with Crippen LogP contribution in [-0.2, 0) is 6.54 Å². The molecular weight excluding hydrogens is 248 g/mol. The first-order valence-corrected chi connectivity index (χ1v) is 7.20. The average Bonchev–Trinajstić information content (AvgIpc) is 2.44. The van der Waals surface area contributed by atoms with Gasteiger partial charge >= 0.3 is 0 Å². The van der Waals surface area contributed by atoms with Crippen LogP contribution in [-0.4, -0.2) is 25.6 Å². The molecule has 1 rings (SSSR count). The smallest absolute Gasteiger partial charge is 0.123 e. The number of nitriles is 1. The molecule has 20 heavy (non-hydrogen) atoms. The Morgan fingerprint density at radius 3 is 2.60 bits per heavy atom. The maximum atomic E-state index is 8.98. The molecule has 0 amide bonds. The summed E-state index contributed by atoms with van der Waals surface area (Å²) in [4.78, 5) is 2.30. The van der Waals surface area contributed by atoms with Crippen molar-refractivity contribution in [3.63, 3.8) is 0 Å². The number of para-hydroxylation sites is 1. The minimum atomic E-state index is -0.193. The predicted octanol–water partition coefficient (Wildman–Crippen LogP) is 3.85. The number of unbranched alkanes of at least 4 members (excludes halogenated alkanes) is 1. The molecule has 3 nitrogen and oxygen atoms in total. The summed E-state index contributed by atoms with van der Waals surface area (Å²) < 4.78 is 5.37. The Balaban J connectivity index is 2.34. The second-order valence-electron chi connectivity index (χ2n) is 6.00. The van der Waals surface area contributed by atoms with Gasteiger partial charge in [-0.3, -0.25) is 0 Å². The van der Waals surface area contributed by atoms with E-state index in [1.165, 1.54) is 5.56 Å². The van der Waals surface area contributed by atoms with E-state index < -0.39 is 0 Å². The van der Waals surface area contributed by atoms with E-state index in [4.69, 9.17) is 10.00 Å². The molecule has 0 saturated carbocycles. The molecule has 0 aliphatic rings. The largest absolute Gasteiger partial charge is 0.496 e. The number of benzene rings is 1. The minimum Gasteiger partial charge on any atom is -0.496 e. The van der Waals surface area contributed by atoms with Gasteiger partial charge in [-0.15, -0.1) is 0 Å². The normalized spacial score (nSPS) is 11.4. The fourth-order valence-corrected chi connectivity index (χ4v) is 2.21. The van der Waals surface area contributed by atoms with Gasteiger partial charge in [-0.25, -0.2) is 0 Å². The summed E-state index contributed by atoms with van der Waals surface area (Å²) in [6, 6.07) is 10.5. The number of ether oxygens (including phenoxy) is 1. The van der Waals surface area contributed by atoms with Crippen LogP contribution in [0, 0.1) is 16.7 Å². The van der Waals surface area contributed by atoms with Gasteiger partial charge in [0.1, 0.15) is 5.75 Å². The van der Waals surface area contributed by atoms with Gasteiger partial charge in [0.05, 0.1) is 18.6 Å². The topological polar surface area (TPSA) is 36.3 Å². The standard InChI is InChI=1S/C17H26N2O/c1-17(2,14-18)11-7-8-12-19(3)13-15-9-5-6-10-16(15)20-4/h5-6,9-10H,7-8,11-13H2,1-4H3. The highest BCUT2D eigenvalue weighted by Gasteiger charge is 2.15. The highest BCUT2D eigenvalue weighted by molar-refractivity contribution is 5.32. The van der Waals surface area contributed by atoms with Crippen molar-refractivity contribution in [1.29, 1.82) is 5.26 Å². The van der Waals surface area contributed by atoms with E-state index in [-0.39, 0.29) is 5.41 Å². The summed E-state index contributed by atoms with van der Waals surface area (Å²) >= 11 is 0. The Bertz CT molecular complexity index is 449. The van der Waals surface area contributed by atoms with Crippen LogP contribution in [0.5, 0.6) is 5.75 Å². The van der Waals surface area contributed by atoms with Crippen molar-refractivity contribution in [2.45, 2.75) is 39.7 Å². The molecular formula is C17H26N2O. The van der Waals surface area contributed by atoms with Gasteiger partial charge in [0.2, 0.25) is 0 Å². The Morgan fingerprint density at radius 2 is 1.95 bits per heavy atom. The Kier molecular flexibility index (Phi) is 6.54. The third-order valence-electron chi connectivity index (χ3n) is 3.53. The maximum absolute atomic E-state index is 8.98. The average molecular weight is 274 g/mol. The van der Waals surface area contributed by atoms with Crippen LogP contribution in [0.1, 0.15) is 38.7 Å². The van der Waals surface area contributed by atoms with Crippen LogP contribution in [0.15, 0.2) is 24.3 Å². The third-order valence-corrected chi connectivity index (χ3v) is 3.53. The van der Waals surface area contributed by atoms with Crippen LogP contribution in [0.4, 0.5) is 0 Å². The van der Waals surface area contributed by atoms with E-state index in [2.05, 4.69) is 24.1 Å². The monoisotopic (exact) mass is 274 g/mol. The SMILES string of the molecule is COc1ccccc1CN(C)CCCCC(C)(C)C#N. The second-order valence-corrected chi connectivity index (χ2v) is 6.00. The molecule has 0 aliphatic heterocycles. The highest BCUT2D eigenvalue weighted by atomic mass is 16.5. The van der Waals surface area contributed by atoms with Crippen molar-refractivity contribution in [2.75, 3.05) is 20.7 Å². The van der Waals surface area contributed by atoms with E-state index in [0.717, 1.165) is 38.1 Å². The van der Waals surface area contributed by atoms with Crippen LogP contribution in [0.25, 0.3) is 0 Å². The fourth-order valence-electron chi connectivity index (χ4n) is 2.21. The highest BCUT2D eigenvalue weighted by Crippen LogP contribution is 2.22. The van der Waals surface area contributed by atoms with Crippen LogP contribution in [0.2, 0.25) is 0 Å². The van der Waals surface area contributed by atoms with Crippen molar-refractivity contribution in [1.82, 2.24) is 4.90 Å². The molecule has 0 aliphatic carbocycles. The molecule has 0 aromatic heterocycles. The van der Waals surface area contributed by atoms with Crippen molar-refractivity contribution >= 4 is 0 Å². The van der Waals surface area contributed by atoms with E-state index in [1.807, 2.05) is 32.0 Å². The van der Waals surface area contributed by atoms with Gasteiger partial charge in [-0.2, -0.15) is 5.26 Å². The summed E-state index contributed by atoms with van der Waals surface area (Å²) in [6.07, 6.45) is 3.18. The lowest BCUT2D eigenvalue weighted by atomic mass is 9.89. The molecule has 110 valence electrons. The van der Waals surface area contributed by atoms with Gasteiger partial charge < -0.3 is 9.64 Å². The van der Waals surface area contributed by atoms with Crippen molar-refractivity contribution in [2.24, 2.45) is 5.41 Å². The van der Waals surface area contributed by atoms with Crippen LogP contribution in [0.3, 0.4) is 0 Å². The quantitative estimate of drug-likeness (QED) is 0.676. The molecule has 1 aromatic carbocycles. The maximum Gasteiger partial charge on any atom is 0.123 e. The first-order chi connectivity index (χ1) is 9.48. The Hall–Kier alpha value is -1.53. The number of hydrogen-bond acceptors (Lipinski definition) is 3. The van der Waals surface area contributed by atoms with Gasteiger partial charge in [0.25, 0.3) is 0 Å². The molecule has 1 aromatic rings. The van der Waals surface area contributed by atoms with Crippen LogP contribution >= 0.6 is 0 Å². The molecule has 0 atom stereocenters. The van der Waals surface area contributed by atoms with Gasteiger partial charge in [0.15, 0.2) is 0 Å². The third kappa shape index (κ3) is 5.63. The lowest BCUT2D eigenvalue weighted by Gasteiger charge is -2.19. The lowest BCUT2D eigenvalue weighted by Crippen LogP contribution is -2.20. The predicted molar refractivity (Wildman–Crippen MR) is 82.6 cm³/mol. The second kappa shape index (κ2) is 7.91. The minimum absolute atomic E-state index is 0.193. The van der Waals surface area contributed by atoms with Gasteiger partial charge in [0, 0.05) is 12.1 Å². The molecule has 0 N–H and O–H groups in total. The summed E-state index contributed by atoms with van der Waals surface area (Å²) in [5, 5.41) is 8.98. The molecule has 0 fully saturated rings. The van der Waals surface area contributed by atoms with E-state index in [9.17, 15) is 0 Å². The molecule has 0 bridgehead atoms. The van der Waals surface area contributed by atoms with E-state index in [0.29, 0.717) is 0 Å². The zero-order valence-electron chi connectivity index (χ0n) is 13.1. The number of hydrogen-bond donors (Lipinski definition) is 0. The number of nitrogens with zero attached hydrogens (tertiary/aromatic N) is 2.